The zero-order valence-electron chi connectivity index (χ0n) is 9.91. The minimum atomic E-state index is -0.543. The molecule has 2 rings (SSSR count). The first-order chi connectivity index (χ1) is 9.10. The Kier molecular flexibility index (Phi) is 3.86. The van der Waals surface area contributed by atoms with Crippen molar-refractivity contribution in [3.05, 3.63) is 29.4 Å². The van der Waals surface area contributed by atoms with E-state index in [9.17, 15) is 10.0 Å². The summed E-state index contributed by atoms with van der Waals surface area (Å²) in [4.78, 5) is 15.6. The van der Waals surface area contributed by atoms with E-state index in [0.29, 0.717) is 21.3 Å². The molecule has 0 aliphatic carbocycles. The molecular weight excluding hydrogens is 274 g/mol. The molecule has 0 aliphatic heterocycles. The zero-order chi connectivity index (χ0) is 13.8. The second-order valence-electron chi connectivity index (χ2n) is 3.48. The van der Waals surface area contributed by atoms with Gasteiger partial charge in [0.05, 0.1) is 17.8 Å². The van der Waals surface area contributed by atoms with Gasteiger partial charge in [0.1, 0.15) is 5.69 Å². The first-order valence-corrected chi connectivity index (χ1v) is 5.59. The summed E-state index contributed by atoms with van der Waals surface area (Å²) in [5.41, 5.74) is 0.781. The molecule has 1 N–H and O–H groups in total. The maximum Gasteiger partial charge on any atom is 0.343 e. The molecule has 0 amide bonds. The highest BCUT2D eigenvalue weighted by Gasteiger charge is 2.12. The fourth-order valence-electron chi connectivity index (χ4n) is 1.32. The Bertz CT molecular complexity index is 582. The van der Waals surface area contributed by atoms with E-state index < -0.39 is 5.97 Å². The van der Waals surface area contributed by atoms with Crippen molar-refractivity contribution in [2.24, 2.45) is 0 Å². The molecule has 0 aromatic carbocycles. The molecule has 0 saturated carbocycles. The number of hydrogen-bond acceptors (Lipinski definition) is 6. The SMILES string of the molecule is COC(=O)COc1cc(-c2ccc(Cl)cn2)n(O)n1. The smallest absolute Gasteiger partial charge is 0.343 e. The largest absolute Gasteiger partial charge is 0.466 e. The molecule has 7 nitrogen and oxygen atoms in total. The maximum atomic E-state index is 10.9. The highest BCUT2D eigenvalue weighted by molar-refractivity contribution is 6.30. The van der Waals surface area contributed by atoms with Crippen LogP contribution >= 0.6 is 11.6 Å². The number of methoxy groups -OCH3 is 1. The van der Waals surface area contributed by atoms with E-state index in [1.54, 1.807) is 12.1 Å². The highest BCUT2D eigenvalue weighted by Crippen LogP contribution is 2.22. The lowest BCUT2D eigenvalue weighted by Crippen LogP contribution is -2.12. The zero-order valence-corrected chi connectivity index (χ0v) is 10.7. The van der Waals surface area contributed by atoms with Crippen LogP contribution in [0.25, 0.3) is 11.4 Å². The standard InChI is InChI=1S/C11H10ClN3O4/c1-18-11(16)6-19-10-4-9(15(17)14-10)8-3-2-7(12)5-13-8/h2-5,17H,6H2,1H3. The normalized spacial score (nSPS) is 10.2. The van der Waals surface area contributed by atoms with Crippen molar-refractivity contribution >= 4 is 17.6 Å². The van der Waals surface area contributed by atoms with Gasteiger partial charge in [-0.25, -0.2) is 4.79 Å². The van der Waals surface area contributed by atoms with Gasteiger partial charge in [-0.15, -0.1) is 0 Å². The van der Waals surface area contributed by atoms with E-state index >= 15 is 0 Å². The lowest BCUT2D eigenvalue weighted by atomic mass is 10.3. The van der Waals surface area contributed by atoms with Crippen LogP contribution in [0.15, 0.2) is 24.4 Å². The minimum Gasteiger partial charge on any atom is -0.466 e. The average Bonchev–Trinajstić information content (AvgIpc) is 2.78. The fourth-order valence-corrected chi connectivity index (χ4v) is 1.43. The molecule has 0 spiro atoms. The summed E-state index contributed by atoms with van der Waals surface area (Å²) >= 11 is 5.72. The molecule has 2 heterocycles. The Morgan fingerprint density at radius 2 is 2.32 bits per heavy atom. The molecule has 0 aliphatic rings. The number of esters is 1. The number of halogens is 1. The summed E-state index contributed by atoms with van der Waals surface area (Å²) in [5.74, 6) is -0.460. The predicted octanol–water partition coefficient (Wildman–Crippen LogP) is 1.39. The number of aromatic nitrogens is 3. The van der Waals surface area contributed by atoms with Crippen molar-refractivity contribution in [1.29, 1.82) is 0 Å². The summed E-state index contributed by atoms with van der Waals surface area (Å²) in [7, 11) is 1.25. The average molecular weight is 284 g/mol. The second-order valence-corrected chi connectivity index (χ2v) is 3.92. The molecule has 0 atom stereocenters. The summed E-state index contributed by atoms with van der Waals surface area (Å²) in [6.45, 7) is -0.291. The molecule has 0 bridgehead atoms. The molecule has 2 aromatic heterocycles. The van der Waals surface area contributed by atoms with Gasteiger partial charge in [0.2, 0.25) is 5.88 Å². The Morgan fingerprint density at radius 3 is 2.95 bits per heavy atom. The highest BCUT2D eigenvalue weighted by atomic mass is 35.5. The quantitative estimate of drug-likeness (QED) is 0.674. The number of rotatable bonds is 4. The molecule has 0 unspecified atom stereocenters. The second kappa shape index (κ2) is 5.57. The van der Waals surface area contributed by atoms with E-state index in [1.807, 2.05) is 0 Å². The molecule has 0 fully saturated rings. The monoisotopic (exact) mass is 283 g/mol. The summed E-state index contributed by atoms with van der Waals surface area (Å²) < 4.78 is 9.46. The molecule has 19 heavy (non-hydrogen) atoms. The van der Waals surface area contributed by atoms with Gasteiger partial charge in [-0.05, 0) is 12.1 Å². The van der Waals surface area contributed by atoms with Gasteiger partial charge >= 0.3 is 5.97 Å². The third kappa shape index (κ3) is 3.14. The summed E-state index contributed by atoms with van der Waals surface area (Å²) in [6, 6.07) is 4.70. The number of pyridine rings is 1. The Labute approximate surface area is 113 Å². The van der Waals surface area contributed by atoms with E-state index in [4.69, 9.17) is 16.3 Å². The van der Waals surface area contributed by atoms with Gasteiger partial charge in [-0.2, -0.15) is 0 Å². The van der Waals surface area contributed by atoms with E-state index in [1.165, 1.54) is 19.4 Å². The number of nitrogens with zero attached hydrogens (tertiary/aromatic N) is 3. The Morgan fingerprint density at radius 1 is 1.53 bits per heavy atom. The van der Waals surface area contributed by atoms with Gasteiger partial charge in [-0.1, -0.05) is 21.5 Å². The third-order valence-corrected chi connectivity index (χ3v) is 2.45. The third-order valence-electron chi connectivity index (χ3n) is 2.22. The molecule has 2 aromatic rings. The Balaban J connectivity index is 2.16. The van der Waals surface area contributed by atoms with Crippen molar-refractivity contribution in [3.8, 4) is 17.3 Å². The number of hydrogen-bond donors (Lipinski definition) is 1. The Hall–Kier alpha value is -2.28. The maximum absolute atomic E-state index is 10.9. The van der Waals surface area contributed by atoms with E-state index in [-0.39, 0.29) is 12.5 Å². The number of ether oxygens (including phenoxy) is 2. The van der Waals surface area contributed by atoms with Gasteiger partial charge in [0.25, 0.3) is 0 Å². The van der Waals surface area contributed by atoms with Crippen LogP contribution in [0.5, 0.6) is 5.88 Å². The van der Waals surface area contributed by atoms with Gasteiger partial charge in [0, 0.05) is 12.3 Å². The first-order valence-electron chi connectivity index (χ1n) is 5.21. The van der Waals surface area contributed by atoms with Gasteiger partial charge in [0.15, 0.2) is 6.61 Å². The predicted molar refractivity (Wildman–Crippen MR) is 65.2 cm³/mol. The van der Waals surface area contributed by atoms with Crippen LogP contribution in [0.1, 0.15) is 0 Å². The van der Waals surface area contributed by atoms with Crippen LogP contribution in [-0.2, 0) is 9.53 Å². The lowest BCUT2D eigenvalue weighted by Gasteiger charge is -1.98. The number of carbonyl (C=O) groups is 1. The molecular formula is C11H10ClN3O4. The van der Waals surface area contributed by atoms with Crippen molar-refractivity contribution in [2.45, 2.75) is 0 Å². The summed E-state index contributed by atoms with van der Waals surface area (Å²) in [5, 5.41) is 13.8. The molecule has 8 heteroatoms. The van der Waals surface area contributed by atoms with Crippen molar-refractivity contribution < 1.29 is 19.5 Å². The molecule has 0 radical (unpaired) electrons. The van der Waals surface area contributed by atoms with Crippen LogP contribution in [-0.4, -0.2) is 39.8 Å². The van der Waals surface area contributed by atoms with E-state index in [2.05, 4.69) is 14.8 Å². The molecule has 0 saturated heterocycles. The van der Waals surface area contributed by atoms with E-state index in [0.717, 1.165) is 0 Å². The number of carbonyl (C=O) groups excluding carboxylic acids is 1. The van der Waals surface area contributed by atoms with Crippen molar-refractivity contribution in [2.75, 3.05) is 13.7 Å². The lowest BCUT2D eigenvalue weighted by molar-refractivity contribution is -0.143. The van der Waals surface area contributed by atoms with Crippen LogP contribution in [0.2, 0.25) is 5.02 Å². The van der Waals surface area contributed by atoms with Crippen LogP contribution in [0, 0.1) is 0 Å². The topological polar surface area (TPSA) is 86.5 Å². The first kappa shape index (κ1) is 13.2. The van der Waals surface area contributed by atoms with Crippen LogP contribution < -0.4 is 4.74 Å². The van der Waals surface area contributed by atoms with Gasteiger partial charge in [-0.3, -0.25) is 4.98 Å². The van der Waals surface area contributed by atoms with Crippen LogP contribution in [0.3, 0.4) is 0 Å². The van der Waals surface area contributed by atoms with Crippen molar-refractivity contribution in [1.82, 2.24) is 14.9 Å². The summed E-state index contributed by atoms with van der Waals surface area (Å²) in [6.07, 6.45) is 1.44. The molecule has 100 valence electrons. The fraction of sp³-hybridized carbons (Fsp3) is 0.182. The van der Waals surface area contributed by atoms with Crippen molar-refractivity contribution in [3.63, 3.8) is 0 Å². The minimum absolute atomic E-state index is 0.0830. The van der Waals surface area contributed by atoms with Crippen LogP contribution in [0.4, 0.5) is 0 Å². The van der Waals surface area contributed by atoms with Gasteiger partial charge < -0.3 is 14.7 Å².